The lowest BCUT2D eigenvalue weighted by Gasteiger charge is -2.14. The summed E-state index contributed by atoms with van der Waals surface area (Å²) in [5.74, 6) is -0.667. The number of halogens is 1. The predicted octanol–water partition coefficient (Wildman–Crippen LogP) is 2.78. The molecule has 0 aromatic heterocycles. The first-order chi connectivity index (χ1) is 9.56. The molecule has 0 spiro atoms. The van der Waals surface area contributed by atoms with Crippen molar-refractivity contribution in [1.82, 2.24) is 5.32 Å². The first kappa shape index (κ1) is 14.2. The molecule has 4 heteroatoms. The molecule has 0 saturated heterocycles. The van der Waals surface area contributed by atoms with Crippen molar-refractivity contribution in [3.8, 4) is 0 Å². The molecule has 2 aromatic carbocycles. The predicted molar refractivity (Wildman–Crippen MR) is 76.6 cm³/mol. The van der Waals surface area contributed by atoms with Gasteiger partial charge in [-0.2, -0.15) is 0 Å². The van der Waals surface area contributed by atoms with E-state index in [0.717, 1.165) is 11.1 Å². The monoisotopic (exact) mass is 272 g/mol. The molecule has 0 aliphatic rings. The molecule has 1 unspecified atom stereocenters. The van der Waals surface area contributed by atoms with Gasteiger partial charge in [0.15, 0.2) is 0 Å². The molecule has 0 heterocycles. The molecule has 104 valence electrons. The first-order valence-corrected chi connectivity index (χ1v) is 6.44. The van der Waals surface area contributed by atoms with Crippen molar-refractivity contribution in [3.05, 3.63) is 71.0 Å². The maximum absolute atomic E-state index is 13.1. The lowest BCUT2D eigenvalue weighted by atomic mass is 10.1. The van der Waals surface area contributed by atoms with Gasteiger partial charge in [0, 0.05) is 18.2 Å². The number of rotatable bonds is 5. The summed E-state index contributed by atoms with van der Waals surface area (Å²) in [6, 6.07) is 13.7. The minimum Gasteiger partial charge on any atom is -0.366 e. The highest BCUT2D eigenvalue weighted by Gasteiger charge is 2.06. The Balaban J connectivity index is 1.96. The van der Waals surface area contributed by atoms with Crippen LogP contribution in [0.15, 0.2) is 48.5 Å². The molecule has 3 nitrogen and oxygen atoms in total. The number of primary amides is 1. The zero-order valence-electron chi connectivity index (χ0n) is 11.3. The third-order valence-corrected chi connectivity index (χ3v) is 3.20. The topological polar surface area (TPSA) is 55.1 Å². The van der Waals surface area contributed by atoms with E-state index in [2.05, 4.69) is 5.32 Å². The highest BCUT2D eigenvalue weighted by Crippen LogP contribution is 2.14. The number of carbonyl (C=O) groups is 1. The van der Waals surface area contributed by atoms with Gasteiger partial charge in [-0.25, -0.2) is 4.39 Å². The Morgan fingerprint density at radius 1 is 1.25 bits per heavy atom. The maximum Gasteiger partial charge on any atom is 0.248 e. The zero-order valence-corrected chi connectivity index (χ0v) is 11.3. The molecular weight excluding hydrogens is 255 g/mol. The number of hydrogen-bond acceptors (Lipinski definition) is 2. The van der Waals surface area contributed by atoms with Gasteiger partial charge in [0.1, 0.15) is 5.82 Å². The second kappa shape index (κ2) is 6.30. The van der Waals surface area contributed by atoms with E-state index in [0.29, 0.717) is 12.1 Å². The summed E-state index contributed by atoms with van der Waals surface area (Å²) in [6.07, 6.45) is 0. The molecule has 1 atom stereocenters. The molecule has 2 rings (SSSR count). The maximum atomic E-state index is 13.1. The Kier molecular flexibility index (Phi) is 4.48. The summed E-state index contributed by atoms with van der Waals surface area (Å²) in [6.45, 7) is 2.61. The number of benzene rings is 2. The van der Waals surface area contributed by atoms with Gasteiger partial charge in [-0.15, -0.1) is 0 Å². The summed E-state index contributed by atoms with van der Waals surface area (Å²) in [5.41, 5.74) is 7.62. The van der Waals surface area contributed by atoms with Gasteiger partial charge in [0.05, 0.1) is 0 Å². The first-order valence-electron chi connectivity index (χ1n) is 6.44. The average Bonchev–Trinajstić information content (AvgIpc) is 2.45. The lowest BCUT2D eigenvalue weighted by Crippen LogP contribution is -2.18. The normalized spacial score (nSPS) is 12.1. The third kappa shape index (κ3) is 3.65. The number of nitrogens with two attached hydrogens (primary N) is 1. The van der Waals surface area contributed by atoms with E-state index in [1.165, 1.54) is 12.1 Å². The van der Waals surface area contributed by atoms with Crippen molar-refractivity contribution in [2.45, 2.75) is 19.5 Å². The van der Waals surface area contributed by atoms with Gasteiger partial charge in [0.25, 0.3) is 0 Å². The van der Waals surface area contributed by atoms with Crippen molar-refractivity contribution < 1.29 is 9.18 Å². The summed E-state index contributed by atoms with van der Waals surface area (Å²) >= 11 is 0. The molecule has 20 heavy (non-hydrogen) atoms. The summed E-state index contributed by atoms with van der Waals surface area (Å²) in [7, 11) is 0. The van der Waals surface area contributed by atoms with E-state index in [9.17, 15) is 9.18 Å². The van der Waals surface area contributed by atoms with E-state index in [1.54, 1.807) is 18.2 Å². The molecule has 0 radical (unpaired) electrons. The van der Waals surface area contributed by atoms with Crippen LogP contribution in [0, 0.1) is 5.82 Å². The molecule has 0 aliphatic heterocycles. The van der Waals surface area contributed by atoms with Gasteiger partial charge in [0.2, 0.25) is 5.91 Å². The van der Waals surface area contributed by atoms with Crippen molar-refractivity contribution in [3.63, 3.8) is 0 Å². The van der Waals surface area contributed by atoms with Gasteiger partial charge in [-0.3, -0.25) is 4.79 Å². The highest BCUT2D eigenvalue weighted by molar-refractivity contribution is 5.92. The van der Waals surface area contributed by atoms with Crippen LogP contribution < -0.4 is 11.1 Å². The minimum absolute atomic E-state index is 0.0431. The summed E-state index contributed by atoms with van der Waals surface area (Å²) in [5, 5.41) is 3.31. The molecule has 0 fully saturated rings. The van der Waals surface area contributed by atoms with Crippen LogP contribution in [0.5, 0.6) is 0 Å². The van der Waals surface area contributed by atoms with Crippen molar-refractivity contribution in [1.29, 1.82) is 0 Å². The quantitative estimate of drug-likeness (QED) is 0.879. The minimum atomic E-state index is -0.433. The Morgan fingerprint density at radius 2 is 1.95 bits per heavy atom. The van der Waals surface area contributed by atoms with Crippen molar-refractivity contribution in [2.75, 3.05) is 0 Å². The standard InChI is InChI=1S/C16H17FN2O/c1-11(14-3-2-4-15(17)9-14)19-10-12-5-7-13(8-6-12)16(18)20/h2-9,11,19H,10H2,1H3,(H2,18,20). The van der Waals surface area contributed by atoms with Gasteiger partial charge in [-0.1, -0.05) is 24.3 Å². The average molecular weight is 272 g/mol. The zero-order chi connectivity index (χ0) is 14.5. The van der Waals surface area contributed by atoms with Crippen LogP contribution in [0.2, 0.25) is 0 Å². The number of nitrogens with one attached hydrogen (secondary N) is 1. The van der Waals surface area contributed by atoms with Gasteiger partial charge < -0.3 is 11.1 Å². The highest BCUT2D eigenvalue weighted by atomic mass is 19.1. The number of carbonyl (C=O) groups excluding carboxylic acids is 1. The molecule has 1 amide bonds. The van der Waals surface area contributed by atoms with Crippen LogP contribution in [-0.2, 0) is 6.54 Å². The molecular formula is C16H17FN2O. The fraction of sp³-hybridized carbons (Fsp3) is 0.188. The van der Waals surface area contributed by atoms with Crippen LogP contribution in [0.1, 0.15) is 34.5 Å². The van der Waals surface area contributed by atoms with Crippen molar-refractivity contribution in [2.24, 2.45) is 5.73 Å². The van der Waals surface area contributed by atoms with Crippen LogP contribution in [0.25, 0.3) is 0 Å². The summed E-state index contributed by atoms with van der Waals surface area (Å²) in [4.78, 5) is 11.0. The van der Waals surface area contributed by atoms with Crippen LogP contribution in [-0.4, -0.2) is 5.91 Å². The van der Waals surface area contributed by atoms with E-state index in [1.807, 2.05) is 25.1 Å². The number of amides is 1. The van der Waals surface area contributed by atoms with E-state index >= 15 is 0 Å². The van der Waals surface area contributed by atoms with Crippen LogP contribution in [0.3, 0.4) is 0 Å². The van der Waals surface area contributed by atoms with E-state index in [-0.39, 0.29) is 11.9 Å². The molecule has 3 N–H and O–H groups in total. The Morgan fingerprint density at radius 3 is 2.55 bits per heavy atom. The second-order valence-corrected chi connectivity index (χ2v) is 4.72. The van der Waals surface area contributed by atoms with Gasteiger partial charge in [-0.05, 0) is 42.3 Å². The third-order valence-electron chi connectivity index (χ3n) is 3.20. The Bertz CT molecular complexity index is 596. The fourth-order valence-electron chi connectivity index (χ4n) is 1.95. The summed E-state index contributed by atoms with van der Waals surface area (Å²) < 4.78 is 13.1. The van der Waals surface area contributed by atoms with E-state index < -0.39 is 5.91 Å². The molecule has 0 saturated carbocycles. The fourth-order valence-corrected chi connectivity index (χ4v) is 1.95. The lowest BCUT2D eigenvalue weighted by molar-refractivity contribution is 0.100. The van der Waals surface area contributed by atoms with Gasteiger partial charge >= 0.3 is 0 Å². The van der Waals surface area contributed by atoms with Crippen molar-refractivity contribution >= 4 is 5.91 Å². The second-order valence-electron chi connectivity index (χ2n) is 4.72. The van der Waals surface area contributed by atoms with Crippen LogP contribution >= 0.6 is 0 Å². The largest absolute Gasteiger partial charge is 0.366 e. The molecule has 0 aliphatic carbocycles. The number of hydrogen-bond donors (Lipinski definition) is 2. The molecule has 2 aromatic rings. The smallest absolute Gasteiger partial charge is 0.248 e. The Labute approximate surface area is 117 Å². The SMILES string of the molecule is CC(NCc1ccc(C(N)=O)cc1)c1cccc(F)c1. The van der Waals surface area contributed by atoms with E-state index in [4.69, 9.17) is 5.73 Å². The molecule has 0 bridgehead atoms. The Hall–Kier alpha value is -2.20. The van der Waals surface area contributed by atoms with Crippen LogP contribution in [0.4, 0.5) is 4.39 Å².